The number of nitrogens with zero attached hydrogens (tertiary/aromatic N) is 2. The van der Waals surface area contributed by atoms with E-state index in [9.17, 15) is 0 Å². The second kappa shape index (κ2) is 16.1. The van der Waals surface area contributed by atoms with Crippen LogP contribution in [-0.2, 0) is 42.5 Å². The van der Waals surface area contributed by atoms with Gasteiger partial charge in [-0.3, -0.25) is 27.3 Å². The summed E-state index contributed by atoms with van der Waals surface area (Å²) in [6.07, 6.45) is 6.90. The summed E-state index contributed by atoms with van der Waals surface area (Å²) in [5.41, 5.74) is 0.904. The molecule has 1 aromatic heterocycles. The van der Waals surface area contributed by atoms with Crippen molar-refractivity contribution in [1.82, 2.24) is 9.55 Å². The summed E-state index contributed by atoms with van der Waals surface area (Å²) in [5.74, 6) is 0. The lowest BCUT2D eigenvalue weighted by Crippen LogP contribution is -2.12. The van der Waals surface area contributed by atoms with Gasteiger partial charge in [0.1, 0.15) is 6.10 Å². The number of hydrogen-bond donors (Lipinski definition) is 6. The Morgan fingerprint density at radius 3 is 1.79 bits per heavy atom. The van der Waals surface area contributed by atoms with Crippen LogP contribution in [0.1, 0.15) is 11.7 Å². The molecule has 0 aliphatic rings. The van der Waals surface area contributed by atoms with Gasteiger partial charge in [0.05, 0.1) is 19.5 Å². The second-order valence-corrected chi connectivity index (χ2v) is 8.91. The van der Waals surface area contributed by atoms with Gasteiger partial charge >= 0.3 is 31.2 Å². The van der Waals surface area contributed by atoms with E-state index in [2.05, 4.69) is 11.6 Å². The third-order valence-electron chi connectivity index (χ3n) is 2.66. The number of hydrogen-bond acceptors (Lipinski definition) is 8. The normalized spacial score (nSPS) is 12.0. The fraction of sp³-hybridized carbons (Fsp3) is 0.214. The standard InChI is InChI=1S/C14H14Cl2N2O.3H2O4S/c1-2-7-19-14(9-18-6-5-17-10-18)12-4-3-11(15)8-13(12)16;3*1-5(2,3)4/h2-6,8,10,14H,1,7,9H2;3*(H2,1,2,3,4). The highest BCUT2D eigenvalue weighted by molar-refractivity contribution is 7.80. The first kappa shape index (κ1) is 34.5. The minimum atomic E-state index is -4.67. The topological polar surface area (TPSA) is 251 Å². The van der Waals surface area contributed by atoms with Crippen LogP contribution in [0.2, 0.25) is 10.0 Å². The van der Waals surface area contributed by atoms with Crippen LogP contribution in [0, 0.1) is 0 Å². The molecule has 196 valence electrons. The third kappa shape index (κ3) is 28.4. The van der Waals surface area contributed by atoms with E-state index in [1.54, 1.807) is 30.7 Å². The van der Waals surface area contributed by atoms with Gasteiger partial charge in [0.15, 0.2) is 0 Å². The maximum absolute atomic E-state index is 8.74. The molecular weight excluding hydrogens is 571 g/mol. The number of aromatic nitrogens is 2. The zero-order valence-corrected chi connectivity index (χ0v) is 20.6. The average Bonchev–Trinajstić information content (AvgIpc) is 3.07. The number of imidazole rings is 1. The van der Waals surface area contributed by atoms with Crippen LogP contribution in [0.25, 0.3) is 0 Å². The van der Waals surface area contributed by atoms with Gasteiger partial charge in [0.25, 0.3) is 0 Å². The predicted octanol–water partition coefficient (Wildman–Crippen LogP) is 2.18. The van der Waals surface area contributed by atoms with Crippen LogP contribution in [0.3, 0.4) is 0 Å². The molecule has 1 aromatic carbocycles. The lowest BCUT2D eigenvalue weighted by molar-refractivity contribution is 0.0608. The molecule has 20 heteroatoms. The molecule has 15 nitrogen and oxygen atoms in total. The summed E-state index contributed by atoms with van der Waals surface area (Å²) in [7, 11) is -14.0. The highest BCUT2D eigenvalue weighted by Gasteiger charge is 2.16. The summed E-state index contributed by atoms with van der Waals surface area (Å²) >= 11 is 12.1. The van der Waals surface area contributed by atoms with Gasteiger partial charge < -0.3 is 9.30 Å². The molecule has 0 spiro atoms. The molecule has 0 saturated heterocycles. The van der Waals surface area contributed by atoms with Gasteiger partial charge in [-0.2, -0.15) is 25.3 Å². The molecule has 0 bridgehead atoms. The predicted molar refractivity (Wildman–Crippen MR) is 120 cm³/mol. The highest BCUT2D eigenvalue weighted by atomic mass is 35.5. The van der Waals surface area contributed by atoms with Gasteiger partial charge in [-0.15, -0.1) is 6.58 Å². The molecule has 0 saturated carbocycles. The Hall–Kier alpha value is -1.68. The quantitative estimate of drug-likeness (QED) is 0.208. The molecule has 34 heavy (non-hydrogen) atoms. The fourth-order valence-electron chi connectivity index (χ4n) is 1.77. The van der Waals surface area contributed by atoms with Gasteiger partial charge in [-0.05, 0) is 12.1 Å². The van der Waals surface area contributed by atoms with Crippen LogP contribution in [-0.4, -0.2) is 68.7 Å². The molecule has 0 radical (unpaired) electrons. The molecule has 6 N–H and O–H groups in total. The van der Waals surface area contributed by atoms with Gasteiger partial charge in [-0.25, -0.2) is 4.98 Å². The van der Waals surface area contributed by atoms with E-state index >= 15 is 0 Å². The first-order chi connectivity index (χ1) is 15.2. The third-order valence-corrected chi connectivity index (χ3v) is 3.22. The Morgan fingerprint density at radius 1 is 0.971 bits per heavy atom. The average molecular weight is 591 g/mol. The van der Waals surface area contributed by atoms with Crippen LogP contribution < -0.4 is 0 Å². The van der Waals surface area contributed by atoms with Crippen LogP contribution in [0.15, 0.2) is 49.6 Å². The molecule has 0 amide bonds. The zero-order valence-electron chi connectivity index (χ0n) is 16.7. The Balaban J connectivity index is 0. The van der Waals surface area contributed by atoms with E-state index in [1.165, 1.54) is 0 Å². The number of benzene rings is 1. The van der Waals surface area contributed by atoms with E-state index in [0.29, 0.717) is 23.2 Å². The largest absolute Gasteiger partial charge is 0.394 e. The Labute approximate surface area is 205 Å². The van der Waals surface area contributed by atoms with Crippen molar-refractivity contribution in [1.29, 1.82) is 0 Å². The van der Waals surface area contributed by atoms with E-state index in [0.717, 1.165) is 5.56 Å². The Bertz CT molecular complexity index is 1090. The van der Waals surface area contributed by atoms with E-state index in [-0.39, 0.29) is 6.10 Å². The van der Waals surface area contributed by atoms with Crippen molar-refractivity contribution in [2.75, 3.05) is 6.61 Å². The van der Waals surface area contributed by atoms with Crippen LogP contribution >= 0.6 is 23.2 Å². The molecule has 1 unspecified atom stereocenters. The molecule has 2 aromatic rings. The Kier molecular flexibility index (Phi) is 16.3. The van der Waals surface area contributed by atoms with E-state index in [1.807, 2.05) is 16.8 Å². The van der Waals surface area contributed by atoms with Crippen molar-refractivity contribution in [3.63, 3.8) is 0 Å². The van der Waals surface area contributed by atoms with E-state index in [4.69, 9.17) is 80.5 Å². The summed E-state index contributed by atoms with van der Waals surface area (Å²) in [6.45, 7) is 4.75. The first-order valence-electron chi connectivity index (χ1n) is 7.93. The second-order valence-electron chi connectivity index (χ2n) is 5.38. The summed E-state index contributed by atoms with van der Waals surface area (Å²) in [4.78, 5) is 4.02. The van der Waals surface area contributed by atoms with Crippen LogP contribution in [0.5, 0.6) is 0 Å². The minimum absolute atomic E-state index is 0.169. The van der Waals surface area contributed by atoms with Crippen molar-refractivity contribution in [3.05, 3.63) is 65.2 Å². The van der Waals surface area contributed by atoms with Gasteiger partial charge in [0, 0.05) is 28.0 Å². The lowest BCUT2D eigenvalue weighted by Gasteiger charge is -2.19. The zero-order chi connectivity index (χ0) is 27.2. The Morgan fingerprint density at radius 2 is 1.44 bits per heavy atom. The minimum Gasteiger partial charge on any atom is -0.368 e. The maximum Gasteiger partial charge on any atom is 0.394 e. The summed E-state index contributed by atoms with van der Waals surface area (Å²) < 4.78 is 102. The molecule has 1 heterocycles. The van der Waals surface area contributed by atoms with Crippen molar-refractivity contribution >= 4 is 54.4 Å². The molecule has 0 aliphatic heterocycles. The molecule has 2 rings (SSSR count). The monoisotopic (exact) mass is 590 g/mol. The first-order valence-corrected chi connectivity index (χ1v) is 12.9. The maximum atomic E-state index is 8.74. The molecule has 0 aliphatic carbocycles. The summed E-state index contributed by atoms with van der Waals surface area (Å²) in [5, 5.41) is 1.21. The number of halogens is 2. The van der Waals surface area contributed by atoms with E-state index < -0.39 is 31.2 Å². The summed E-state index contributed by atoms with van der Waals surface area (Å²) in [6, 6.07) is 5.41. The fourth-order valence-corrected chi connectivity index (χ4v) is 2.30. The SMILES string of the molecule is C=CCOC(Cn1ccnc1)c1ccc(Cl)cc1Cl.O=S(=O)(O)O.O=S(=O)(O)O.O=S(=O)(O)O. The van der Waals surface area contributed by atoms with Crippen molar-refractivity contribution in [2.24, 2.45) is 0 Å². The van der Waals surface area contributed by atoms with Crippen LogP contribution in [0.4, 0.5) is 0 Å². The van der Waals surface area contributed by atoms with Gasteiger partial charge in [-0.1, -0.05) is 35.3 Å². The molecule has 0 fully saturated rings. The lowest BCUT2D eigenvalue weighted by atomic mass is 10.1. The van der Waals surface area contributed by atoms with Crippen molar-refractivity contribution in [2.45, 2.75) is 12.6 Å². The van der Waals surface area contributed by atoms with Crippen molar-refractivity contribution < 1.29 is 57.3 Å². The van der Waals surface area contributed by atoms with Gasteiger partial charge in [0.2, 0.25) is 0 Å². The molecular formula is C14H20Cl2N2O13S3. The highest BCUT2D eigenvalue weighted by Crippen LogP contribution is 2.29. The molecule has 1 atom stereocenters. The smallest absolute Gasteiger partial charge is 0.368 e. The van der Waals surface area contributed by atoms with Crippen molar-refractivity contribution in [3.8, 4) is 0 Å². The number of rotatable bonds is 6. The number of ether oxygens (including phenoxy) is 1.